The van der Waals surface area contributed by atoms with Crippen LogP contribution in [-0.4, -0.2) is 31.9 Å². The Balaban J connectivity index is 1.65. The predicted molar refractivity (Wildman–Crippen MR) is 123 cm³/mol. The zero-order valence-electron chi connectivity index (χ0n) is 18.9. The summed E-state index contributed by atoms with van der Waals surface area (Å²) in [6.07, 6.45) is 7.84. The maximum atomic E-state index is 11.8. The number of aryl methyl sites for hydroxylation is 2. The summed E-state index contributed by atoms with van der Waals surface area (Å²) in [6, 6.07) is 6.50. The number of aromatic nitrogens is 4. The molecule has 0 unspecified atom stereocenters. The van der Waals surface area contributed by atoms with Crippen LogP contribution in [0.2, 0.25) is 0 Å². The van der Waals surface area contributed by atoms with Gasteiger partial charge in [0.2, 0.25) is 5.65 Å². The Bertz CT molecular complexity index is 992. The zero-order chi connectivity index (χ0) is 21.5. The third kappa shape index (κ3) is 5.55. The fraction of sp³-hybridized carbons (Fsp3) is 0.583. The van der Waals surface area contributed by atoms with E-state index >= 15 is 0 Å². The summed E-state index contributed by atoms with van der Waals surface area (Å²) in [7, 11) is 0. The molecule has 0 atom stereocenters. The van der Waals surface area contributed by atoms with Crippen molar-refractivity contribution < 1.29 is 4.79 Å². The maximum absolute atomic E-state index is 11.8. The number of nitrogens with zero attached hydrogens (tertiary/aromatic N) is 4. The summed E-state index contributed by atoms with van der Waals surface area (Å²) in [4.78, 5) is 16.6. The molecule has 0 fully saturated rings. The molecule has 6 nitrogen and oxygen atoms in total. The van der Waals surface area contributed by atoms with Crippen molar-refractivity contribution >= 4 is 28.3 Å². The van der Waals surface area contributed by atoms with Gasteiger partial charge in [0.1, 0.15) is 11.6 Å². The number of unbranched alkanes of at least 4 members (excludes halogenated alkanes) is 3. The van der Waals surface area contributed by atoms with Crippen LogP contribution < -0.4 is 5.32 Å². The van der Waals surface area contributed by atoms with Gasteiger partial charge in [0.25, 0.3) is 0 Å². The zero-order valence-corrected chi connectivity index (χ0v) is 18.9. The molecule has 0 spiro atoms. The first kappa shape index (κ1) is 22.2. The van der Waals surface area contributed by atoms with Crippen molar-refractivity contribution in [1.29, 1.82) is 0 Å². The van der Waals surface area contributed by atoms with E-state index in [0.29, 0.717) is 24.5 Å². The van der Waals surface area contributed by atoms with E-state index in [0.717, 1.165) is 60.6 Å². The van der Waals surface area contributed by atoms with Crippen LogP contribution in [-0.2, 0) is 11.2 Å². The van der Waals surface area contributed by atoms with Crippen molar-refractivity contribution in [3.63, 3.8) is 0 Å². The Hall–Kier alpha value is -2.50. The fourth-order valence-corrected chi connectivity index (χ4v) is 3.86. The highest BCUT2D eigenvalue weighted by atomic mass is 16.1. The van der Waals surface area contributed by atoms with E-state index in [1.165, 1.54) is 18.4 Å². The predicted octanol–water partition coefficient (Wildman–Crippen LogP) is 5.52. The monoisotopic (exact) mass is 409 g/mol. The van der Waals surface area contributed by atoms with Crippen LogP contribution in [0.5, 0.6) is 0 Å². The summed E-state index contributed by atoms with van der Waals surface area (Å²) in [5.74, 6) is 2.49. The van der Waals surface area contributed by atoms with E-state index in [9.17, 15) is 4.79 Å². The number of anilines is 1. The van der Waals surface area contributed by atoms with Crippen LogP contribution in [0.25, 0.3) is 16.7 Å². The molecular weight excluding hydrogens is 374 g/mol. The standard InChI is InChI=1S/C24H35N5O/c1-5-6-10-19-12-13-21-22(16-19)29-18(4)27-28-24(29)23(26-21)25-14-9-7-8-11-20(30)15-17(2)3/h12-13,16-17H,5-11,14-15H2,1-4H3,(H,25,26). The summed E-state index contributed by atoms with van der Waals surface area (Å²) in [6.45, 7) is 9.20. The molecule has 0 aliphatic heterocycles. The van der Waals surface area contributed by atoms with Crippen LogP contribution in [0.3, 0.4) is 0 Å². The molecule has 162 valence electrons. The smallest absolute Gasteiger partial charge is 0.204 e. The van der Waals surface area contributed by atoms with Crippen LogP contribution in [0.15, 0.2) is 18.2 Å². The number of Topliss-reactive ketones (excluding diaryl/α,β-unsaturated/α-hetero) is 1. The highest BCUT2D eigenvalue weighted by Gasteiger charge is 2.13. The number of hydrogen-bond acceptors (Lipinski definition) is 5. The number of ketones is 1. The van der Waals surface area contributed by atoms with Gasteiger partial charge in [-0.1, -0.05) is 39.7 Å². The van der Waals surface area contributed by atoms with Gasteiger partial charge in [0, 0.05) is 19.4 Å². The number of benzene rings is 1. The molecule has 2 heterocycles. The van der Waals surface area contributed by atoms with Gasteiger partial charge in [0.15, 0.2) is 5.82 Å². The molecule has 0 radical (unpaired) electrons. The molecule has 0 aliphatic carbocycles. The number of hydrogen-bond donors (Lipinski definition) is 1. The molecule has 0 amide bonds. The van der Waals surface area contributed by atoms with Crippen molar-refractivity contribution in [2.24, 2.45) is 5.92 Å². The number of rotatable bonds is 12. The highest BCUT2D eigenvalue weighted by molar-refractivity contribution is 5.83. The quantitative estimate of drug-likeness (QED) is 0.399. The lowest BCUT2D eigenvalue weighted by molar-refractivity contribution is -0.119. The average Bonchev–Trinajstić information content (AvgIpc) is 3.10. The summed E-state index contributed by atoms with van der Waals surface area (Å²) in [5, 5.41) is 12.1. The minimum absolute atomic E-state index is 0.383. The lowest BCUT2D eigenvalue weighted by atomic mass is 10.0. The Morgan fingerprint density at radius 1 is 1.13 bits per heavy atom. The Labute approximate surface area is 179 Å². The molecule has 6 heteroatoms. The van der Waals surface area contributed by atoms with Crippen molar-refractivity contribution in [2.45, 2.75) is 79.1 Å². The second kappa shape index (κ2) is 10.5. The van der Waals surface area contributed by atoms with E-state index in [2.05, 4.69) is 58.9 Å². The topological polar surface area (TPSA) is 72.2 Å². The van der Waals surface area contributed by atoms with E-state index < -0.39 is 0 Å². The number of carbonyl (C=O) groups excluding carboxylic acids is 1. The van der Waals surface area contributed by atoms with Gasteiger partial charge < -0.3 is 5.32 Å². The molecule has 3 aromatic rings. The first-order chi connectivity index (χ1) is 14.5. The van der Waals surface area contributed by atoms with E-state index in [4.69, 9.17) is 4.98 Å². The molecule has 0 saturated heterocycles. The molecule has 30 heavy (non-hydrogen) atoms. The molecule has 0 saturated carbocycles. The third-order valence-corrected chi connectivity index (χ3v) is 5.43. The molecule has 1 N–H and O–H groups in total. The number of nitrogens with one attached hydrogen (secondary N) is 1. The van der Waals surface area contributed by atoms with Gasteiger partial charge in [-0.05, 0) is 56.2 Å². The molecule has 0 bridgehead atoms. The van der Waals surface area contributed by atoms with E-state index in [1.807, 2.05) is 6.92 Å². The van der Waals surface area contributed by atoms with Crippen molar-refractivity contribution in [1.82, 2.24) is 19.6 Å². The second-order valence-electron chi connectivity index (χ2n) is 8.67. The average molecular weight is 410 g/mol. The lowest BCUT2D eigenvalue weighted by Gasteiger charge is -2.11. The van der Waals surface area contributed by atoms with Gasteiger partial charge >= 0.3 is 0 Å². The SMILES string of the molecule is CCCCc1ccc2nc(NCCCCCC(=O)CC(C)C)c3nnc(C)n3c2c1. The van der Waals surface area contributed by atoms with E-state index in [1.54, 1.807) is 0 Å². The van der Waals surface area contributed by atoms with Gasteiger partial charge in [0.05, 0.1) is 11.0 Å². The maximum Gasteiger partial charge on any atom is 0.204 e. The molecule has 2 aromatic heterocycles. The molecule has 3 rings (SSSR count). The van der Waals surface area contributed by atoms with Crippen LogP contribution in [0.1, 0.15) is 77.1 Å². The van der Waals surface area contributed by atoms with Gasteiger partial charge in [-0.15, -0.1) is 10.2 Å². The van der Waals surface area contributed by atoms with Crippen LogP contribution in [0, 0.1) is 12.8 Å². The molecular formula is C24H35N5O. The van der Waals surface area contributed by atoms with Crippen LogP contribution in [0.4, 0.5) is 5.82 Å². The summed E-state index contributed by atoms with van der Waals surface area (Å²) >= 11 is 0. The first-order valence-corrected chi connectivity index (χ1v) is 11.4. The number of fused-ring (bicyclic) bond motifs is 3. The first-order valence-electron chi connectivity index (χ1n) is 11.4. The minimum Gasteiger partial charge on any atom is -0.367 e. The van der Waals surface area contributed by atoms with E-state index in [-0.39, 0.29) is 0 Å². The minimum atomic E-state index is 0.383. The largest absolute Gasteiger partial charge is 0.367 e. The Morgan fingerprint density at radius 2 is 1.97 bits per heavy atom. The Morgan fingerprint density at radius 3 is 2.73 bits per heavy atom. The van der Waals surface area contributed by atoms with Gasteiger partial charge in [-0.2, -0.15) is 0 Å². The fourth-order valence-electron chi connectivity index (χ4n) is 3.86. The number of carbonyl (C=O) groups is 1. The highest BCUT2D eigenvalue weighted by Crippen LogP contribution is 2.23. The summed E-state index contributed by atoms with van der Waals surface area (Å²) in [5.41, 5.74) is 4.12. The molecule has 1 aromatic carbocycles. The van der Waals surface area contributed by atoms with Crippen molar-refractivity contribution in [3.05, 3.63) is 29.6 Å². The summed E-state index contributed by atoms with van der Waals surface area (Å²) < 4.78 is 2.10. The van der Waals surface area contributed by atoms with Crippen LogP contribution >= 0.6 is 0 Å². The van der Waals surface area contributed by atoms with Crippen molar-refractivity contribution in [2.75, 3.05) is 11.9 Å². The normalized spacial score (nSPS) is 11.6. The van der Waals surface area contributed by atoms with Gasteiger partial charge in [-0.25, -0.2) is 4.98 Å². The van der Waals surface area contributed by atoms with Crippen molar-refractivity contribution in [3.8, 4) is 0 Å². The lowest BCUT2D eigenvalue weighted by Crippen LogP contribution is -2.07. The third-order valence-electron chi connectivity index (χ3n) is 5.43. The Kier molecular flexibility index (Phi) is 7.77. The molecule has 0 aliphatic rings. The second-order valence-corrected chi connectivity index (χ2v) is 8.67. The van der Waals surface area contributed by atoms with Gasteiger partial charge in [-0.3, -0.25) is 9.20 Å².